The van der Waals surface area contributed by atoms with Crippen molar-refractivity contribution in [3.63, 3.8) is 0 Å². The molecule has 1 fully saturated rings. The van der Waals surface area contributed by atoms with Gasteiger partial charge in [-0.1, -0.05) is 48.4 Å². The van der Waals surface area contributed by atoms with E-state index in [9.17, 15) is 14.9 Å². The molecule has 0 aromatic heterocycles. The lowest BCUT2D eigenvalue weighted by Crippen LogP contribution is -2.45. The molecular formula is C18H17ClN2O3. The van der Waals surface area contributed by atoms with Crippen molar-refractivity contribution in [3.05, 3.63) is 74.8 Å². The maximum atomic E-state index is 12.4. The molecule has 1 N–H and O–H groups in total. The van der Waals surface area contributed by atoms with E-state index in [-0.39, 0.29) is 27.6 Å². The van der Waals surface area contributed by atoms with Crippen molar-refractivity contribution in [3.8, 4) is 0 Å². The van der Waals surface area contributed by atoms with Crippen molar-refractivity contribution in [1.82, 2.24) is 5.32 Å². The van der Waals surface area contributed by atoms with Gasteiger partial charge in [-0.2, -0.15) is 0 Å². The molecule has 3 rings (SSSR count). The van der Waals surface area contributed by atoms with E-state index in [1.807, 2.05) is 18.2 Å². The third kappa shape index (κ3) is 3.12. The Morgan fingerprint density at radius 3 is 2.50 bits per heavy atom. The van der Waals surface area contributed by atoms with Gasteiger partial charge in [-0.05, 0) is 24.5 Å². The van der Waals surface area contributed by atoms with Gasteiger partial charge in [0.1, 0.15) is 0 Å². The topological polar surface area (TPSA) is 72.2 Å². The fourth-order valence-corrected chi connectivity index (χ4v) is 3.31. The minimum absolute atomic E-state index is 0.0515. The molecule has 0 radical (unpaired) electrons. The minimum Gasteiger partial charge on any atom is -0.351 e. The van der Waals surface area contributed by atoms with Crippen LogP contribution in [-0.4, -0.2) is 17.4 Å². The first kappa shape index (κ1) is 16.5. The molecule has 0 atom stereocenters. The van der Waals surface area contributed by atoms with E-state index >= 15 is 0 Å². The van der Waals surface area contributed by atoms with Crippen LogP contribution in [0.25, 0.3) is 0 Å². The fourth-order valence-electron chi connectivity index (χ4n) is 3.11. The molecule has 124 valence electrons. The third-order valence-electron chi connectivity index (χ3n) is 4.69. The van der Waals surface area contributed by atoms with Gasteiger partial charge in [-0.15, -0.1) is 0 Å². The van der Waals surface area contributed by atoms with E-state index in [0.717, 1.165) is 19.3 Å². The lowest BCUT2D eigenvalue weighted by Gasteiger charge is -2.42. The third-order valence-corrected chi connectivity index (χ3v) is 5.02. The number of carbonyl (C=O) groups is 1. The Labute approximate surface area is 144 Å². The van der Waals surface area contributed by atoms with E-state index in [4.69, 9.17) is 11.6 Å². The average Bonchev–Trinajstić information content (AvgIpc) is 2.55. The normalized spacial score (nSPS) is 15.4. The van der Waals surface area contributed by atoms with Crippen molar-refractivity contribution in [2.45, 2.75) is 24.7 Å². The van der Waals surface area contributed by atoms with Crippen molar-refractivity contribution in [2.24, 2.45) is 0 Å². The highest BCUT2D eigenvalue weighted by Crippen LogP contribution is 2.43. The lowest BCUT2D eigenvalue weighted by atomic mass is 9.64. The molecular weight excluding hydrogens is 328 g/mol. The van der Waals surface area contributed by atoms with Crippen LogP contribution in [0.5, 0.6) is 0 Å². The Morgan fingerprint density at radius 1 is 1.21 bits per heavy atom. The molecule has 1 aliphatic carbocycles. The first-order valence-electron chi connectivity index (χ1n) is 7.79. The number of amides is 1. The highest BCUT2D eigenvalue weighted by Gasteiger charge is 2.38. The van der Waals surface area contributed by atoms with Gasteiger partial charge in [0.15, 0.2) is 0 Å². The number of nitro groups is 1. The number of carbonyl (C=O) groups excluding carboxylic acids is 1. The number of nitrogens with one attached hydrogen (secondary N) is 1. The van der Waals surface area contributed by atoms with Gasteiger partial charge >= 0.3 is 0 Å². The van der Waals surface area contributed by atoms with Crippen LogP contribution in [0.15, 0.2) is 48.5 Å². The molecule has 1 amide bonds. The van der Waals surface area contributed by atoms with Crippen LogP contribution in [0.1, 0.15) is 35.2 Å². The molecule has 2 aromatic rings. The molecule has 0 saturated heterocycles. The van der Waals surface area contributed by atoms with Gasteiger partial charge in [-0.25, -0.2) is 0 Å². The predicted molar refractivity (Wildman–Crippen MR) is 92.4 cm³/mol. The Bertz CT molecular complexity index is 773. The molecule has 2 aromatic carbocycles. The largest absolute Gasteiger partial charge is 0.351 e. The van der Waals surface area contributed by atoms with Crippen LogP contribution < -0.4 is 5.32 Å². The fraction of sp³-hybridized carbons (Fsp3) is 0.278. The molecule has 0 bridgehead atoms. The molecule has 6 heteroatoms. The molecule has 0 unspecified atom stereocenters. The molecule has 0 aliphatic heterocycles. The Hall–Kier alpha value is -2.40. The Kier molecular flexibility index (Phi) is 4.53. The quantitative estimate of drug-likeness (QED) is 0.655. The van der Waals surface area contributed by atoms with Gasteiger partial charge in [0.25, 0.3) is 11.6 Å². The summed E-state index contributed by atoms with van der Waals surface area (Å²) < 4.78 is 0. The predicted octanol–water partition coefficient (Wildman–Crippen LogP) is 4.10. The summed E-state index contributed by atoms with van der Waals surface area (Å²) in [6.07, 6.45) is 3.16. The summed E-state index contributed by atoms with van der Waals surface area (Å²) in [6, 6.07) is 14.0. The summed E-state index contributed by atoms with van der Waals surface area (Å²) in [5.41, 5.74) is 1.14. The Balaban J connectivity index is 1.76. The van der Waals surface area contributed by atoms with Gasteiger partial charge in [0, 0.05) is 24.1 Å². The lowest BCUT2D eigenvalue weighted by molar-refractivity contribution is -0.384. The summed E-state index contributed by atoms with van der Waals surface area (Å²) in [6.45, 7) is 0.495. The van der Waals surface area contributed by atoms with Crippen LogP contribution in [0.4, 0.5) is 5.69 Å². The summed E-state index contributed by atoms with van der Waals surface area (Å²) in [5.74, 6) is -0.383. The van der Waals surface area contributed by atoms with Crippen molar-refractivity contribution in [2.75, 3.05) is 6.54 Å². The van der Waals surface area contributed by atoms with Crippen LogP contribution in [0, 0.1) is 10.1 Å². The number of nitro benzene ring substituents is 1. The summed E-state index contributed by atoms with van der Waals surface area (Å²) in [7, 11) is 0. The second kappa shape index (κ2) is 6.61. The number of halogens is 1. The zero-order valence-corrected chi connectivity index (χ0v) is 13.8. The first-order valence-corrected chi connectivity index (χ1v) is 8.17. The van der Waals surface area contributed by atoms with E-state index in [2.05, 4.69) is 17.4 Å². The minimum atomic E-state index is -0.537. The molecule has 1 saturated carbocycles. The van der Waals surface area contributed by atoms with Crippen LogP contribution >= 0.6 is 11.6 Å². The Morgan fingerprint density at radius 2 is 1.92 bits per heavy atom. The smallest absolute Gasteiger partial charge is 0.270 e. The number of nitrogens with zero attached hydrogens (tertiary/aromatic N) is 1. The van der Waals surface area contributed by atoms with E-state index in [0.29, 0.717) is 6.54 Å². The molecule has 0 spiro atoms. The van der Waals surface area contributed by atoms with Gasteiger partial charge < -0.3 is 5.32 Å². The molecule has 24 heavy (non-hydrogen) atoms. The number of rotatable bonds is 5. The zero-order valence-electron chi connectivity index (χ0n) is 13.0. The molecule has 0 heterocycles. The number of benzene rings is 2. The van der Waals surface area contributed by atoms with Crippen molar-refractivity contribution < 1.29 is 9.72 Å². The number of non-ortho nitro benzene ring substituents is 1. The number of hydrogen-bond donors (Lipinski definition) is 1. The maximum Gasteiger partial charge on any atom is 0.270 e. The first-order chi connectivity index (χ1) is 11.5. The van der Waals surface area contributed by atoms with Gasteiger partial charge in [-0.3, -0.25) is 14.9 Å². The zero-order chi connectivity index (χ0) is 17.2. The second-order valence-corrected chi connectivity index (χ2v) is 6.51. The monoisotopic (exact) mass is 344 g/mol. The summed E-state index contributed by atoms with van der Waals surface area (Å²) in [4.78, 5) is 22.8. The van der Waals surface area contributed by atoms with Crippen LogP contribution in [0.3, 0.4) is 0 Å². The summed E-state index contributed by atoms with van der Waals surface area (Å²) in [5, 5.41) is 14.0. The van der Waals surface area contributed by atoms with Gasteiger partial charge in [0.05, 0.1) is 15.5 Å². The van der Waals surface area contributed by atoms with Crippen molar-refractivity contribution in [1.29, 1.82) is 0 Å². The molecule has 5 nitrogen and oxygen atoms in total. The van der Waals surface area contributed by atoms with E-state index in [1.165, 1.54) is 23.8 Å². The van der Waals surface area contributed by atoms with Crippen molar-refractivity contribution >= 4 is 23.2 Å². The standard InChI is InChI=1S/C18H17ClN2O3/c19-16-8-7-14(21(23)24)11-15(16)17(22)20-12-18(9-4-10-18)13-5-2-1-3-6-13/h1-3,5-8,11H,4,9-10,12H2,(H,20,22). The number of hydrogen-bond acceptors (Lipinski definition) is 3. The highest BCUT2D eigenvalue weighted by molar-refractivity contribution is 6.33. The summed E-state index contributed by atoms with van der Waals surface area (Å²) >= 11 is 6.03. The maximum absolute atomic E-state index is 12.4. The highest BCUT2D eigenvalue weighted by atomic mass is 35.5. The SMILES string of the molecule is O=C(NCC1(c2ccccc2)CCC1)c1cc([N+](=O)[O-])ccc1Cl. The van der Waals surface area contributed by atoms with Crippen LogP contribution in [0.2, 0.25) is 5.02 Å². The van der Waals surface area contributed by atoms with E-state index < -0.39 is 4.92 Å². The second-order valence-electron chi connectivity index (χ2n) is 6.10. The average molecular weight is 345 g/mol. The van der Waals surface area contributed by atoms with E-state index in [1.54, 1.807) is 0 Å². The molecule has 1 aliphatic rings. The van der Waals surface area contributed by atoms with Gasteiger partial charge in [0.2, 0.25) is 0 Å². The van der Waals surface area contributed by atoms with Crippen LogP contribution in [-0.2, 0) is 5.41 Å².